The average molecular weight is 224 g/mol. The van der Waals surface area contributed by atoms with Crippen LogP contribution >= 0.6 is 0 Å². The Kier molecular flexibility index (Phi) is 3.20. The molecule has 1 aliphatic heterocycles. The molecule has 2 fully saturated rings. The maximum atomic E-state index is 9.40. The summed E-state index contributed by atoms with van der Waals surface area (Å²) >= 11 is 0. The highest BCUT2D eigenvalue weighted by Gasteiger charge is 2.47. The van der Waals surface area contributed by atoms with Crippen molar-refractivity contribution in [3.05, 3.63) is 0 Å². The van der Waals surface area contributed by atoms with Gasteiger partial charge in [0.1, 0.15) is 5.54 Å². The summed E-state index contributed by atoms with van der Waals surface area (Å²) in [5, 5.41) is 9.40. The lowest BCUT2D eigenvalue weighted by Gasteiger charge is -2.44. The van der Waals surface area contributed by atoms with E-state index in [9.17, 15) is 5.26 Å². The number of hydrogen-bond acceptors (Lipinski definition) is 4. The summed E-state index contributed by atoms with van der Waals surface area (Å²) in [6, 6.07) is 2.49. The highest BCUT2D eigenvalue weighted by atomic mass is 16.7. The molecule has 1 saturated heterocycles. The molecular formula is C12H20N2O2. The van der Waals surface area contributed by atoms with E-state index in [4.69, 9.17) is 9.47 Å². The lowest BCUT2D eigenvalue weighted by atomic mass is 9.78. The lowest BCUT2D eigenvalue weighted by molar-refractivity contribution is -0.188. The van der Waals surface area contributed by atoms with Gasteiger partial charge in [0.15, 0.2) is 5.79 Å². The predicted octanol–water partition coefficient (Wildman–Crippen LogP) is 1.52. The summed E-state index contributed by atoms with van der Waals surface area (Å²) < 4.78 is 11.4. The molecular weight excluding hydrogens is 204 g/mol. The second kappa shape index (κ2) is 4.33. The summed E-state index contributed by atoms with van der Waals surface area (Å²) in [5.41, 5.74) is -0.310. The Bertz CT molecular complexity index is 282. The molecule has 1 spiro atoms. The van der Waals surface area contributed by atoms with Gasteiger partial charge in [0.05, 0.1) is 19.3 Å². The quantitative estimate of drug-likeness (QED) is 0.713. The Labute approximate surface area is 97.1 Å². The van der Waals surface area contributed by atoms with Crippen molar-refractivity contribution in [2.75, 3.05) is 26.8 Å². The summed E-state index contributed by atoms with van der Waals surface area (Å²) in [6.07, 6.45) is 3.36. The van der Waals surface area contributed by atoms with E-state index in [1.54, 1.807) is 0 Å². The van der Waals surface area contributed by atoms with Crippen LogP contribution in [0, 0.1) is 11.3 Å². The first-order valence-electron chi connectivity index (χ1n) is 6.07. The molecule has 0 aromatic carbocycles. The molecule has 0 aromatic heterocycles. The van der Waals surface area contributed by atoms with Crippen LogP contribution in [0.15, 0.2) is 0 Å². The third kappa shape index (κ3) is 1.84. The number of nitriles is 1. The molecule has 0 aromatic rings. The van der Waals surface area contributed by atoms with Gasteiger partial charge in [-0.1, -0.05) is 6.92 Å². The van der Waals surface area contributed by atoms with Crippen molar-refractivity contribution in [3.63, 3.8) is 0 Å². The van der Waals surface area contributed by atoms with Crippen LogP contribution in [-0.2, 0) is 9.47 Å². The van der Waals surface area contributed by atoms with Crippen molar-refractivity contribution in [2.45, 2.75) is 43.9 Å². The SMILES string of the molecule is CCN(C)C1(C#N)CCC2(CC1)OCCO2. The first-order chi connectivity index (χ1) is 7.66. The zero-order chi connectivity index (χ0) is 11.6. The van der Waals surface area contributed by atoms with Crippen LogP contribution in [0.25, 0.3) is 0 Å². The summed E-state index contributed by atoms with van der Waals surface area (Å²) in [4.78, 5) is 2.15. The van der Waals surface area contributed by atoms with E-state index in [2.05, 4.69) is 17.9 Å². The molecule has 1 saturated carbocycles. The molecule has 1 aliphatic carbocycles. The first kappa shape index (κ1) is 11.8. The van der Waals surface area contributed by atoms with Gasteiger partial charge >= 0.3 is 0 Å². The smallest absolute Gasteiger partial charge is 0.168 e. The Balaban J connectivity index is 2.04. The van der Waals surface area contributed by atoms with E-state index in [-0.39, 0.29) is 11.3 Å². The second-order valence-corrected chi connectivity index (χ2v) is 4.77. The molecule has 4 heteroatoms. The van der Waals surface area contributed by atoms with Gasteiger partial charge in [0.2, 0.25) is 0 Å². The zero-order valence-corrected chi connectivity index (χ0v) is 10.2. The standard InChI is InChI=1S/C12H20N2O2/c1-3-14(2)11(10-13)4-6-12(7-5-11)15-8-9-16-12/h3-9H2,1-2H3. The van der Waals surface area contributed by atoms with Gasteiger partial charge in [0, 0.05) is 12.8 Å². The normalized spacial score (nSPS) is 27.1. The van der Waals surface area contributed by atoms with Crippen LogP contribution in [0.1, 0.15) is 32.6 Å². The highest BCUT2D eigenvalue weighted by Crippen LogP contribution is 2.42. The van der Waals surface area contributed by atoms with Crippen molar-refractivity contribution < 1.29 is 9.47 Å². The highest BCUT2D eigenvalue weighted by molar-refractivity contribution is 5.11. The molecule has 0 atom stereocenters. The number of nitrogens with zero attached hydrogens (tertiary/aromatic N) is 2. The Hall–Kier alpha value is -0.630. The maximum absolute atomic E-state index is 9.40. The molecule has 0 unspecified atom stereocenters. The van der Waals surface area contributed by atoms with E-state index < -0.39 is 0 Å². The molecule has 16 heavy (non-hydrogen) atoms. The van der Waals surface area contributed by atoms with Crippen LogP contribution in [0.3, 0.4) is 0 Å². The van der Waals surface area contributed by atoms with Gasteiger partial charge in [-0.3, -0.25) is 4.90 Å². The first-order valence-corrected chi connectivity index (χ1v) is 6.07. The van der Waals surface area contributed by atoms with E-state index in [1.807, 2.05) is 7.05 Å². The Morgan fingerprint density at radius 2 is 1.75 bits per heavy atom. The Morgan fingerprint density at radius 3 is 2.19 bits per heavy atom. The molecule has 1 heterocycles. The molecule has 0 N–H and O–H groups in total. The Morgan fingerprint density at radius 1 is 1.19 bits per heavy atom. The molecule has 90 valence electrons. The van der Waals surface area contributed by atoms with Crippen molar-refractivity contribution in [2.24, 2.45) is 0 Å². The fourth-order valence-electron chi connectivity index (χ4n) is 2.71. The van der Waals surface area contributed by atoms with Crippen LogP contribution in [0.4, 0.5) is 0 Å². The van der Waals surface area contributed by atoms with Gasteiger partial charge in [-0.05, 0) is 26.4 Å². The second-order valence-electron chi connectivity index (χ2n) is 4.77. The van der Waals surface area contributed by atoms with E-state index in [0.29, 0.717) is 13.2 Å². The van der Waals surface area contributed by atoms with Crippen LogP contribution in [0.5, 0.6) is 0 Å². The molecule has 4 nitrogen and oxygen atoms in total. The number of hydrogen-bond donors (Lipinski definition) is 0. The van der Waals surface area contributed by atoms with Crippen LogP contribution in [-0.4, -0.2) is 43.0 Å². The molecule has 0 bridgehead atoms. The summed E-state index contributed by atoms with van der Waals surface area (Å²) in [6.45, 7) is 4.39. The summed E-state index contributed by atoms with van der Waals surface area (Å²) in [7, 11) is 2.03. The van der Waals surface area contributed by atoms with Gasteiger partial charge in [-0.15, -0.1) is 0 Å². The van der Waals surface area contributed by atoms with E-state index >= 15 is 0 Å². The van der Waals surface area contributed by atoms with Gasteiger partial charge in [-0.2, -0.15) is 5.26 Å². The predicted molar refractivity (Wildman–Crippen MR) is 59.8 cm³/mol. The minimum Gasteiger partial charge on any atom is -0.348 e. The number of ether oxygens (including phenoxy) is 2. The largest absolute Gasteiger partial charge is 0.348 e. The minimum atomic E-state index is -0.366. The molecule has 0 radical (unpaired) electrons. The van der Waals surface area contributed by atoms with Crippen LogP contribution in [0.2, 0.25) is 0 Å². The van der Waals surface area contributed by atoms with Gasteiger partial charge in [-0.25, -0.2) is 0 Å². The number of rotatable bonds is 2. The molecule has 2 aliphatic rings. The van der Waals surface area contributed by atoms with E-state index in [1.165, 1.54) is 0 Å². The molecule has 0 amide bonds. The third-order valence-electron chi connectivity index (χ3n) is 4.07. The minimum absolute atomic E-state index is 0.310. The monoisotopic (exact) mass is 224 g/mol. The van der Waals surface area contributed by atoms with Crippen molar-refractivity contribution in [1.82, 2.24) is 4.90 Å². The van der Waals surface area contributed by atoms with Crippen molar-refractivity contribution in [3.8, 4) is 6.07 Å². The lowest BCUT2D eigenvalue weighted by Crippen LogP contribution is -2.51. The average Bonchev–Trinajstić information content (AvgIpc) is 2.78. The fraction of sp³-hybridized carbons (Fsp3) is 0.917. The van der Waals surface area contributed by atoms with Crippen molar-refractivity contribution >= 4 is 0 Å². The zero-order valence-electron chi connectivity index (χ0n) is 10.2. The third-order valence-corrected chi connectivity index (χ3v) is 4.07. The maximum Gasteiger partial charge on any atom is 0.168 e. The topological polar surface area (TPSA) is 45.5 Å². The van der Waals surface area contributed by atoms with Crippen LogP contribution < -0.4 is 0 Å². The van der Waals surface area contributed by atoms with Crippen molar-refractivity contribution in [1.29, 1.82) is 5.26 Å². The summed E-state index contributed by atoms with van der Waals surface area (Å²) in [5.74, 6) is -0.366. The van der Waals surface area contributed by atoms with E-state index in [0.717, 1.165) is 32.2 Å². The van der Waals surface area contributed by atoms with Gasteiger partial charge < -0.3 is 9.47 Å². The van der Waals surface area contributed by atoms with Gasteiger partial charge in [0.25, 0.3) is 0 Å². The molecule has 2 rings (SSSR count). The fourth-order valence-corrected chi connectivity index (χ4v) is 2.71.